The average Bonchev–Trinajstić information content (AvgIpc) is 0.728. The molecule has 16 rings (SSSR count). The number of aryl methyl sites for hydroxylation is 3. The summed E-state index contributed by atoms with van der Waals surface area (Å²) in [5.74, 6) is -3.78. The van der Waals surface area contributed by atoms with Crippen LogP contribution in [0, 0.1) is 19.8 Å². The number of para-hydroxylation sites is 3. The van der Waals surface area contributed by atoms with Gasteiger partial charge in [-0.25, -0.2) is 8.42 Å². The van der Waals surface area contributed by atoms with Crippen molar-refractivity contribution in [1.29, 1.82) is 0 Å². The predicted molar refractivity (Wildman–Crippen MR) is 429 cm³/mol. The Bertz CT molecular complexity index is 5740. The molecule has 0 saturated carbocycles. The molecule has 6 N–H and O–H groups in total. The number of benzene rings is 13. The van der Waals surface area contributed by atoms with Crippen LogP contribution >= 0.6 is 70.0 Å². The molecular weight excluding hydrogens is 1550 g/mol. The Hall–Kier alpha value is -10.5. The summed E-state index contributed by atoms with van der Waals surface area (Å²) in [6.07, 6.45) is -7.69. The molecule has 13 aromatic carbocycles. The number of hydrogen-bond acceptors (Lipinski definition) is 14. The van der Waals surface area contributed by atoms with Gasteiger partial charge < -0.3 is 26.6 Å². The van der Waals surface area contributed by atoms with Crippen LogP contribution in [-0.4, -0.2) is 47.9 Å². The van der Waals surface area contributed by atoms with Gasteiger partial charge in [-0.1, -0.05) is 167 Å². The zero-order valence-corrected chi connectivity index (χ0v) is 63.6. The summed E-state index contributed by atoms with van der Waals surface area (Å²) in [6.45, 7) is 3.94. The highest BCUT2D eigenvalue weighted by molar-refractivity contribution is 8.13. The molecule has 13 aromatic rings. The topological polar surface area (TPSA) is 193 Å². The Morgan fingerprint density at radius 3 is 1.35 bits per heavy atom. The highest BCUT2D eigenvalue weighted by atomic mass is 35.7. The molecule has 0 radical (unpaired) electrons. The minimum atomic E-state index is -4.46. The second-order valence-electron chi connectivity index (χ2n) is 25.7. The molecule has 110 heavy (non-hydrogen) atoms. The number of alkyl halides is 6. The molecule has 0 heterocycles. The summed E-state index contributed by atoms with van der Waals surface area (Å²) in [7, 11) is 1.54. The SMILES string of the molecule is Cc1ccc(S(=O)(=O)Cl)cc1.Cc1ccc2cc(Sc3ccc(Nc4ccccc4)c4c3C(=O)c3c(Nc5ccccc5)ccc(Sc5ccc6cc(C(F)(F)F)ccc6c5)c3C4=O)ccc2c1.FC(F)(F)C1CCc2cc(S)ccc2C1.Nc1ccccc1.O=C1c2c(O)ccc(Cl)c2C(=O)c2c(O)ccc(Cl)c21. The lowest BCUT2D eigenvalue weighted by atomic mass is 9.82. The van der Waals surface area contributed by atoms with Crippen molar-refractivity contribution in [2.75, 3.05) is 16.4 Å². The molecule has 3 aliphatic rings. The number of fused-ring (bicyclic) bond motifs is 7. The lowest BCUT2D eigenvalue weighted by Crippen LogP contribution is -2.28. The maximum absolute atomic E-state index is 15.3. The van der Waals surface area contributed by atoms with Gasteiger partial charge in [0.25, 0.3) is 9.05 Å². The molecule has 0 saturated heterocycles. The number of anilines is 5. The molecule has 24 heteroatoms. The molecule has 0 spiro atoms. The summed E-state index contributed by atoms with van der Waals surface area (Å²) in [5.41, 5.74) is 12.4. The Labute approximate surface area is 657 Å². The number of carbonyl (C=O) groups excluding carboxylic acids is 4. The van der Waals surface area contributed by atoms with Crippen LogP contribution in [0.4, 0.5) is 54.8 Å². The Morgan fingerprint density at radius 2 is 0.900 bits per heavy atom. The van der Waals surface area contributed by atoms with Crippen LogP contribution < -0.4 is 16.4 Å². The second kappa shape index (κ2) is 33.4. The zero-order chi connectivity index (χ0) is 78.5. The number of ketones is 4. The van der Waals surface area contributed by atoms with E-state index in [-0.39, 0.29) is 89.8 Å². The van der Waals surface area contributed by atoms with E-state index < -0.39 is 44.5 Å². The molecule has 0 aliphatic heterocycles. The van der Waals surface area contributed by atoms with Gasteiger partial charge in [-0.3, -0.25) is 19.2 Å². The van der Waals surface area contributed by atoms with Crippen molar-refractivity contribution in [2.24, 2.45) is 5.92 Å². The van der Waals surface area contributed by atoms with Gasteiger partial charge in [0.05, 0.1) is 71.2 Å². The van der Waals surface area contributed by atoms with Crippen molar-refractivity contribution in [2.45, 2.75) is 74.8 Å². The van der Waals surface area contributed by atoms with Crippen molar-refractivity contribution in [3.05, 3.63) is 337 Å². The number of nitrogen functional groups attached to an aromatic ring is 1. The second-order valence-corrected chi connectivity index (χ2v) is 31.8. The number of phenols is 2. The number of nitrogens with two attached hydrogens (primary N) is 1. The van der Waals surface area contributed by atoms with Crippen molar-refractivity contribution in [1.82, 2.24) is 0 Å². The van der Waals surface area contributed by atoms with Crippen LogP contribution in [0.25, 0.3) is 21.5 Å². The normalized spacial score (nSPS) is 13.4. The fourth-order valence-electron chi connectivity index (χ4n) is 12.7. The van der Waals surface area contributed by atoms with E-state index in [4.69, 9.17) is 39.6 Å². The Kier molecular flexibility index (Phi) is 24.0. The number of halogens is 9. The molecule has 0 aromatic heterocycles. The summed E-state index contributed by atoms with van der Waals surface area (Å²) in [6, 6.07) is 74.0. The van der Waals surface area contributed by atoms with Gasteiger partial charge in [-0.2, -0.15) is 26.3 Å². The van der Waals surface area contributed by atoms with E-state index in [0.717, 1.165) is 66.4 Å². The van der Waals surface area contributed by atoms with E-state index in [9.17, 15) is 54.6 Å². The van der Waals surface area contributed by atoms with Crippen molar-refractivity contribution in [3.63, 3.8) is 0 Å². The summed E-state index contributed by atoms with van der Waals surface area (Å²) < 4.78 is 99.3. The molecule has 1 atom stereocenters. The highest BCUT2D eigenvalue weighted by Crippen LogP contribution is 2.49. The number of rotatable bonds is 9. The van der Waals surface area contributed by atoms with E-state index in [1.807, 2.05) is 134 Å². The molecule has 556 valence electrons. The highest BCUT2D eigenvalue weighted by Gasteiger charge is 2.42. The van der Waals surface area contributed by atoms with E-state index in [2.05, 4.69) is 60.5 Å². The molecule has 11 nitrogen and oxygen atoms in total. The third kappa shape index (κ3) is 18.2. The van der Waals surface area contributed by atoms with Crippen LogP contribution in [0.15, 0.2) is 284 Å². The third-order valence-corrected chi connectivity index (χ3v) is 22.4. The van der Waals surface area contributed by atoms with Crippen LogP contribution in [-0.2, 0) is 28.1 Å². The van der Waals surface area contributed by atoms with Crippen LogP contribution in [0.3, 0.4) is 0 Å². The first-order valence-electron chi connectivity index (χ1n) is 33.7. The lowest BCUT2D eigenvalue weighted by molar-refractivity contribution is -0.177. The maximum Gasteiger partial charge on any atom is 0.416 e. The monoisotopic (exact) mass is 1610 g/mol. The molecule has 1 unspecified atom stereocenters. The van der Waals surface area contributed by atoms with Gasteiger partial charge in [0.15, 0.2) is 23.1 Å². The quantitative estimate of drug-likeness (QED) is 0.0346. The fraction of sp³-hybridized carbons (Fsp3) is 0.0930. The standard InChI is InChI=1S/C48H31F3N2O2S2.C14H6Cl2O4.C11H11F3S.C7H7ClO2S.C6H7N/c1-28-12-13-31-26-36(18-15-29(31)24-28)56-40-22-20-38(52-34-8-4-2-5-9-34)42-44(40)46(54)43-39(53-35-10-6-3-7-11-35)21-23-41(45(43)47(42)55)57-37-19-16-30-25-33(48(49,50)51)17-14-32(30)27-37;15-5-1-3-7(17)11-9(5)13(19)12-8(18)4-2-6(16)10(12)14(11)20;12-11(13,14)9-3-1-8-6-10(15)4-2-7(8)5-9;1-6-2-4-7(5-3-6)11(8,9)10;7-6-4-2-1-3-5-6/h2-27,52-53H,1H3;1-4,17-18H;2,4,6,9,15H,1,3,5H2;2-5H,1H3;1-5H,7H2. The molecule has 0 amide bonds. The molecular formula is C86H62Cl3F6N3O8S4. The van der Waals surface area contributed by atoms with Crippen molar-refractivity contribution in [3.8, 4) is 11.5 Å². The number of aromatic hydroxyl groups is 2. The summed E-state index contributed by atoms with van der Waals surface area (Å²) in [5, 5.41) is 29.8. The fourth-order valence-corrected chi connectivity index (χ4v) is 16.2. The van der Waals surface area contributed by atoms with Crippen LogP contribution in [0.2, 0.25) is 10.0 Å². The largest absolute Gasteiger partial charge is 0.507 e. The van der Waals surface area contributed by atoms with Crippen molar-refractivity contribution >= 4 is 152 Å². The lowest BCUT2D eigenvalue weighted by Gasteiger charge is -2.27. The first kappa shape index (κ1) is 79.1. The molecule has 3 aliphatic carbocycles. The zero-order valence-electron chi connectivity index (χ0n) is 57.9. The maximum atomic E-state index is 15.3. The van der Waals surface area contributed by atoms with E-state index in [1.54, 1.807) is 42.5 Å². The van der Waals surface area contributed by atoms with Gasteiger partial charge >= 0.3 is 12.4 Å². The van der Waals surface area contributed by atoms with Crippen molar-refractivity contribution < 1.29 is 64.2 Å². The molecule has 0 bridgehead atoms. The number of carbonyl (C=O) groups is 4. The van der Waals surface area contributed by atoms with E-state index in [0.29, 0.717) is 48.8 Å². The number of nitrogens with one attached hydrogen (secondary N) is 2. The Morgan fingerprint density at radius 1 is 0.464 bits per heavy atom. The van der Waals surface area contributed by atoms with Gasteiger partial charge in [0, 0.05) is 63.3 Å². The number of thiol groups is 1. The third-order valence-electron chi connectivity index (χ3n) is 18.1. The van der Waals surface area contributed by atoms with Crippen LogP contribution in [0.5, 0.6) is 11.5 Å². The smallest absolute Gasteiger partial charge is 0.416 e. The average molecular weight is 1610 g/mol. The molecule has 0 fully saturated rings. The van der Waals surface area contributed by atoms with E-state index >= 15 is 9.59 Å². The van der Waals surface area contributed by atoms with Gasteiger partial charge in [0.2, 0.25) is 0 Å². The number of phenolic OH excluding ortho intramolecular Hbond substituents is 2. The van der Waals surface area contributed by atoms with Crippen LogP contribution in [0.1, 0.15) is 97.9 Å². The van der Waals surface area contributed by atoms with E-state index in [1.165, 1.54) is 71.6 Å². The van der Waals surface area contributed by atoms with Gasteiger partial charge in [-0.05, 0) is 211 Å². The Balaban J connectivity index is 0.000000169. The summed E-state index contributed by atoms with van der Waals surface area (Å²) >= 11 is 18.8. The minimum absolute atomic E-state index is 0.0289. The first-order valence-corrected chi connectivity index (χ1v) is 38.9. The van der Waals surface area contributed by atoms with Gasteiger partial charge in [0.1, 0.15) is 11.5 Å². The van der Waals surface area contributed by atoms with Gasteiger partial charge in [-0.15, -0.1) is 12.6 Å². The summed E-state index contributed by atoms with van der Waals surface area (Å²) in [4.78, 5) is 59.2. The minimum Gasteiger partial charge on any atom is -0.507 e. The predicted octanol–water partition coefficient (Wildman–Crippen LogP) is 23.9. The first-order chi connectivity index (χ1) is 52.4. The number of hydrogen-bond donors (Lipinski definition) is 6.